The molecule has 1 atom stereocenters. The van der Waals surface area contributed by atoms with Gasteiger partial charge in [-0.2, -0.15) is 0 Å². The normalized spacial score (nSPS) is 19.2. The zero-order valence-corrected chi connectivity index (χ0v) is 12.5. The van der Waals surface area contributed by atoms with Crippen molar-refractivity contribution in [2.24, 2.45) is 5.92 Å². The molecule has 1 aliphatic heterocycles. The van der Waals surface area contributed by atoms with Gasteiger partial charge in [-0.25, -0.2) is 0 Å². The van der Waals surface area contributed by atoms with Crippen LogP contribution in [0.15, 0.2) is 18.2 Å². The Morgan fingerprint density at radius 1 is 1.43 bits per heavy atom. The lowest BCUT2D eigenvalue weighted by molar-refractivity contribution is -0.384. The van der Waals surface area contributed by atoms with Crippen LogP contribution in [0.25, 0.3) is 0 Å². The molecule has 2 rings (SSSR count). The van der Waals surface area contributed by atoms with E-state index in [1.807, 2.05) is 11.0 Å². The first-order chi connectivity index (χ1) is 10.0. The highest BCUT2D eigenvalue weighted by atomic mass is 16.6. The molecule has 1 unspecified atom stereocenters. The summed E-state index contributed by atoms with van der Waals surface area (Å²) in [5.41, 5.74) is 1.33. The van der Waals surface area contributed by atoms with E-state index in [-0.39, 0.29) is 11.6 Å². The first-order valence-electron chi connectivity index (χ1n) is 7.24. The Kier molecular flexibility index (Phi) is 4.77. The summed E-state index contributed by atoms with van der Waals surface area (Å²) in [6.07, 6.45) is 2.48. The number of anilines is 1. The molecular weight excluding hydrogens is 270 g/mol. The second-order valence-corrected chi connectivity index (χ2v) is 5.61. The number of nitrogens with one attached hydrogen (secondary N) is 1. The number of nitro benzene ring substituents is 1. The molecule has 1 amide bonds. The van der Waals surface area contributed by atoms with Gasteiger partial charge in [0.1, 0.15) is 5.69 Å². The molecule has 1 N–H and O–H groups in total. The monoisotopic (exact) mass is 291 g/mol. The van der Waals surface area contributed by atoms with E-state index >= 15 is 0 Å². The summed E-state index contributed by atoms with van der Waals surface area (Å²) in [7, 11) is 1.65. The van der Waals surface area contributed by atoms with Crippen molar-refractivity contribution < 1.29 is 9.72 Å². The summed E-state index contributed by atoms with van der Waals surface area (Å²) in [5.74, 6) is 0.694. The highest BCUT2D eigenvalue weighted by Crippen LogP contribution is 2.26. The van der Waals surface area contributed by atoms with E-state index < -0.39 is 4.92 Å². The maximum atomic E-state index is 12.1. The third kappa shape index (κ3) is 3.71. The van der Waals surface area contributed by atoms with Crippen molar-refractivity contribution in [3.05, 3.63) is 33.9 Å². The summed E-state index contributed by atoms with van der Waals surface area (Å²) in [6, 6.07) is 5.08. The number of benzene rings is 1. The molecular formula is C15H21N3O3. The number of carbonyl (C=O) groups excluding carboxylic acids is 1. The highest BCUT2D eigenvalue weighted by Gasteiger charge is 2.21. The molecule has 0 saturated carbocycles. The molecule has 0 spiro atoms. The van der Waals surface area contributed by atoms with Gasteiger partial charge in [-0.3, -0.25) is 14.9 Å². The van der Waals surface area contributed by atoms with E-state index in [0.29, 0.717) is 24.6 Å². The van der Waals surface area contributed by atoms with Gasteiger partial charge in [0.05, 0.1) is 4.92 Å². The Labute approximate surface area is 124 Å². The lowest BCUT2D eigenvalue weighted by atomic mass is 10.0. The molecule has 21 heavy (non-hydrogen) atoms. The van der Waals surface area contributed by atoms with Gasteiger partial charge in [0.2, 0.25) is 5.91 Å². The SMILES string of the molecule is CNc1ccc(CN2CCC(C)CCC2=O)cc1[N+](=O)[O-]. The largest absolute Gasteiger partial charge is 0.383 e. The van der Waals surface area contributed by atoms with Crippen LogP contribution in [-0.2, 0) is 11.3 Å². The van der Waals surface area contributed by atoms with Crippen molar-refractivity contribution in [3.63, 3.8) is 0 Å². The number of amides is 1. The Balaban J connectivity index is 2.17. The minimum Gasteiger partial charge on any atom is -0.383 e. The van der Waals surface area contributed by atoms with Crippen molar-refractivity contribution in [1.29, 1.82) is 0 Å². The summed E-state index contributed by atoms with van der Waals surface area (Å²) >= 11 is 0. The molecule has 1 aliphatic rings. The first kappa shape index (κ1) is 15.3. The average Bonchev–Trinajstić information content (AvgIpc) is 2.62. The summed E-state index contributed by atoms with van der Waals surface area (Å²) < 4.78 is 0. The van der Waals surface area contributed by atoms with E-state index in [1.54, 1.807) is 19.2 Å². The molecule has 0 radical (unpaired) electrons. The number of rotatable bonds is 4. The second kappa shape index (κ2) is 6.56. The van der Waals surface area contributed by atoms with Crippen LogP contribution in [0.1, 0.15) is 31.7 Å². The second-order valence-electron chi connectivity index (χ2n) is 5.61. The van der Waals surface area contributed by atoms with Gasteiger partial charge in [0.15, 0.2) is 0 Å². The Morgan fingerprint density at radius 2 is 2.19 bits per heavy atom. The molecule has 1 heterocycles. The minimum atomic E-state index is -0.401. The van der Waals surface area contributed by atoms with E-state index in [0.717, 1.165) is 24.9 Å². The molecule has 1 aromatic carbocycles. The predicted octanol–water partition coefficient (Wildman–Crippen LogP) is 2.79. The van der Waals surface area contributed by atoms with Crippen molar-refractivity contribution in [3.8, 4) is 0 Å². The van der Waals surface area contributed by atoms with Crippen molar-refractivity contribution in [1.82, 2.24) is 4.90 Å². The summed E-state index contributed by atoms with van der Waals surface area (Å²) in [6.45, 7) is 3.32. The molecule has 1 aromatic rings. The average molecular weight is 291 g/mol. The van der Waals surface area contributed by atoms with Crippen LogP contribution in [-0.4, -0.2) is 29.3 Å². The maximum absolute atomic E-state index is 12.1. The molecule has 0 aromatic heterocycles. The lowest BCUT2D eigenvalue weighted by Gasteiger charge is -2.21. The number of hydrogen-bond donors (Lipinski definition) is 1. The van der Waals surface area contributed by atoms with Gasteiger partial charge in [0, 0.05) is 32.6 Å². The summed E-state index contributed by atoms with van der Waals surface area (Å²) in [5, 5.41) is 13.9. The van der Waals surface area contributed by atoms with Crippen LogP contribution in [0.2, 0.25) is 0 Å². The number of likely N-dealkylation sites (tertiary alicyclic amines) is 1. The summed E-state index contributed by atoms with van der Waals surface area (Å²) in [4.78, 5) is 24.6. The predicted molar refractivity (Wildman–Crippen MR) is 81.1 cm³/mol. The van der Waals surface area contributed by atoms with Crippen LogP contribution in [0, 0.1) is 16.0 Å². The van der Waals surface area contributed by atoms with Crippen molar-refractivity contribution in [2.45, 2.75) is 32.7 Å². The fourth-order valence-electron chi connectivity index (χ4n) is 2.60. The third-order valence-electron chi connectivity index (χ3n) is 4.00. The molecule has 6 heteroatoms. The molecule has 114 valence electrons. The Bertz CT molecular complexity index is 545. The zero-order valence-electron chi connectivity index (χ0n) is 12.5. The fraction of sp³-hybridized carbons (Fsp3) is 0.533. The van der Waals surface area contributed by atoms with Crippen LogP contribution in [0.4, 0.5) is 11.4 Å². The van der Waals surface area contributed by atoms with E-state index in [4.69, 9.17) is 0 Å². The van der Waals surface area contributed by atoms with Crippen molar-refractivity contribution >= 4 is 17.3 Å². The van der Waals surface area contributed by atoms with Gasteiger partial charge < -0.3 is 10.2 Å². The standard InChI is InChI=1S/C15H21N3O3/c1-11-3-6-15(19)17(8-7-11)10-12-4-5-13(16-2)14(9-12)18(20)21/h4-5,9,11,16H,3,6-8,10H2,1-2H3. The maximum Gasteiger partial charge on any atom is 0.292 e. The van der Waals surface area contributed by atoms with E-state index in [9.17, 15) is 14.9 Å². The molecule has 1 fully saturated rings. The zero-order chi connectivity index (χ0) is 15.4. The van der Waals surface area contributed by atoms with Crippen molar-refractivity contribution in [2.75, 3.05) is 18.9 Å². The number of hydrogen-bond acceptors (Lipinski definition) is 4. The highest BCUT2D eigenvalue weighted by molar-refractivity contribution is 5.76. The first-order valence-corrected chi connectivity index (χ1v) is 7.24. The fourth-order valence-corrected chi connectivity index (χ4v) is 2.60. The van der Waals surface area contributed by atoms with Gasteiger partial charge in [0.25, 0.3) is 5.69 Å². The molecule has 0 aliphatic carbocycles. The van der Waals surface area contributed by atoms with Crippen LogP contribution < -0.4 is 5.32 Å². The smallest absolute Gasteiger partial charge is 0.292 e. The number of carbonyl (C=O) groups is 1. The van der Waals surface area contributed by atoms with Crippen LogP contribution >= 0.6 is 0 Å². The van der Waals surface area contributed by atoms with Gasteiger partial charge in [-0.05, 0) is 30.4 Å². The van der Waals surface area contributed by atoms with Gasteiger partial charge >= 0.3 is 0 Å². The number of nitrogens with zero attached hydrogens (tertiary/aromatic N) is 2. The van der Waals surface area contributed by atoms with Crippen LogP contribution in [0.5, 0.6) is 0 Å². The molecule has 0 bridgehead atoms. The van der Waals surface area contributed by atoms with E-state index in [2.05, 4.69) is 12.2 Å². The molecule has 1 saturated heterocycles. The topological polar surface area (TPSA) is 75.5 Å². The Morgan fingerprint density at radius 3 is 2.86 bits per heavy atom. The minimum absolute atomic E-state index is 0.0469. The van der Waals surface area contributed by atoms with Crippen LogP contribution in [0.3, 0.4) is 0 Å². The Hall–Kier alpha value is -2.11. The molecule has 6 nitrogen and oxygen atoms in total. The number of nitro groups is 1. The third-order valence-corrected chi connectivity index (χ3v) is 4.00. The lowest BCUT2D eigenvalue weighted by Crippen LogP contribution is -2.29. The van der Waals surface area contributed by atoms with Gasteiger partial charge in [-0.1, -0.05) is 13.0 Å². The quantitative estimate of drug-likeness (QED) is 0.683. The van der Waals surface area contributed by atoms with E-state index in [1.165, 1.54) is 0 Å². The van der Waals surface area contributed by atoms with Gasteiger partial charge in [-0.15, -0.1) is 0 Å².